The fraction of sp³-hybridized carbons (Fsp3) is 0.533. The van der Waals surface area contributed by atoms with E-state index in [0.29, 0.717) is 6.54 Å². The number of methoxy groups -OCH3 is 1. The fourth-order valence-electron chi connectivity index (χ4n) is 2.94. The highest BCUT2D eigenvalue weighted by Gasteiger charge is 2.33. The van der Waals surface area contributed by atoms with Crippen molar-refractivity contribution in [1.82, 2.24) is 4.90 Å². The summed E-state index contributed by atoms with van der Waals surface area (Å²) in [6.07, 6.45) is 0.808. The third kappa shape index (κ3) is 3.11. The first-order chi connectivity index (χ1) is 9.52. The highest BCUT2D eigenvalue weighted by atomic mass is 16.5. The Hall–Kier alpha value is -1.59. The van der Waals surface area contributed by atoms with Crippen LogP contribution in [0.4, 0.5) is 0 Å². The normalized spacial score (nSPS) is 22.4. The van der Waals surface area contributed by atoms with Gasteiger partial charge in [0.25, 0.3) is 0 Å². The molecule has 1 aromatic rings. The van der Waals surface area contributed by atoms with Crippen molar-refractivity contribution in [3.63, 3.8) is 0 Å². The summed E-state index contributed by atoms with van der Waals surface area (Å²) in [5.74, 6) is 0.530. The molecule has 1 aliphatic rings. The molecule has 0 bridgehead atoms. The molecule has 0 radical (unpaired) electrons. The van der Waals surface area contributed by atoms with Gasteiger partial charge in [0.05, 0.1) is 13.0 Å². The van der Waals surface area contributed by atoms with Crippen molar-refractivity contribution in [2.45, 2.75) is 25.4 Å². The molecule has 20 heavy (non-hydrogen) atoms. The number of ether oxygens (including phenoxy) is 1. The summed E-state index contributed by atoms with van der Waals surface area (Å²) >= 11 is 0. The van der Waals surface area contributed by atoms with Gasteiger partial charge in [-0.05, 0) is 37.6 Å². The van der Waals surface area contributed by atoms with E-state index < -0.39 is 0 Å². The van der Waals surface area contributed by atoms with E-state index in [-0.39, 0.29) is 23.9 Å². The monoisotopic (exact) mass is 277 g/mol. The number of carbonyl (C=O) groups excluding carboxylic acids is 1. The van der Waals surface area contributed by atoms with Crippen molar-refractivity contribution >= 4 is 5.91 Å². The molecule has 5 nitrogen and oxygen atoms in total. The van der Waals surface area contributed by atoms with Gasteiger partial charge in [0.1, 0.15) is 5.75 Å². The minimum Gasteiger partial charge on any atom is -0.497 e. The first kappa shape index (κ1) is 14.8. The molecule has 1 aliphatic heterocycles. The Morgan fingerprint density at radius 1 is 1.50 bits per heavy atom. The van der Waals surface area contributed by atoms with Crippen LogP contribution in [-0.2, 0) is 4.79 Å². The fourth-order valence-corrected chi connectivity index (χ4v) is 2.94. The van der Waals surface area contributed by atoms with E-state index in [1.807, 2.05) is 31.2 Å². The van der Waals surface area contributed by atoms with Crippen LogP contribution in [0.25, 0.3) is 0 Å². The zero-order valence-corrected chi connectivity index (χ0v) is 12.1. The van der Waals surface area contributed by atoms with Gasteiger partial charge in [-0.3, -0.25) is 9.69 Å². The van der Waals surface area contributed by atoms with Gasteiger partial charge in [0, 0.05) is 18.6 Å². The van der Waals surface area contributed by atoms with Gasteiger partial charge in [-0.25, -0.2) is 0 Å². The van der Waals surface area contributed by atoms with E-state index in [4.69, 9.17) is 16.2 Å². The number of amides is 1. The second-order valence-corrected chi connectivity index (χ2v) is 5.46. The molecule has 1 heterocycles. The molecule has 5 heteroatoms. The summed E-state index contributed by atoms with van der Waals surface area (Å²) in [4.78, 5) is 13.6. The van der Waals surface area contributed by atoms with Crippen LogP contribution in [0.2, 0.25) is 0 Å². The van der Waals surface area contributed by atoms with Crippen LogP contribution in [0, 0.1) is 5.92 Å². The molecule has 4 N–H and O–H groups in total. The van der Waals surface area contributed by atoms with Gasteiger partial charge >= 0.3 is 0 Å². The third-order valence-electron chi connectivity index (χ3n) is 3.95. The van der Waals surface area contributed by atoms with Crippen molar-refractivity contribution in [3.05, 3.63) is 29.8 Å². The third-order valence-corrected chi connectivity index (χ3v) is 3.95. The first-order valence-corrected chi connectivity index (χ1v) is 6.96. The van der Waals surface area contributed by atoms with Crippen LogP contribution >= 0.6 is 0 Å². The molecular weight excluding hydrogens is 254 g/mol. The van der Waals surface area contributed by atoms with E-state index in [0.717, 1.165) is 24.3 Å². The summed E-state index contributed by atoms with van der Waals surface area (Å²) in [5, 5.41) is 0. The van der Waals surface area contributed by atoms with Crippen LogP contribution in [0.1, 0.15) is 24.9 Å². The molecule has 1 saturated heterocycles. The number of hydrogen-bond acceptors (Lipinski definition) is 4. The lowest BCUT2D eigenvalue weighted by atomic mass is 9.99. The molecule has 1 amide bonds. The standard InChI is InChI=1S/C15H23N3O2/c1-10(16)14(11-4-3-5-13(8-11)20-2)18-7-6-12(9-18)15(17)19/h3-5,8,10,12,14H,6-7,9,16H2,1-2H3,(H2,17,19). The maximum Gasteiger partial charge on any atom is 0.221 e. The lowest BCUT2D eigenvalue weighted by Crippen LogP contribution is -2.39. The number of nitrogens with zero attached hydrogens (tertiary/aromatic N) is 1. The van der Waals surface area contributed by atoms with Gasteiger partial charge in [-0.2, -0.15) is 0 Å². The minimum absolute atomic E-state index is 0.0336. The molecule has 0 spiro atoms. The van der Waals surface area contributed by atoms with Gasteiger partial charge in [0.15, 0.2) is 0 Å². The number of primary amides is 1. The molecule has 110 valence electrons. The molecule has 1 aromatic carbocycles. The highest BCUT2D eigenvalue weighted by molar-refractivity contribution is 5.77. The van der Waals surface area contributed by atoms with Crippen LogP contribution < -0.4 is 16.2 Å². The summed E-state index contributed by atoms with van der Waals surface area (Å²) in [5.41, 5.74) is 12.7. The molecule has 2 rings (SSSR count). The topological polar surface area (TPSA) is 81.6 Å². The first-order valence-electron chi connectivity index (χ1n) is 6.96. The molecule has 3 unspecified atom stereocenters. The number of carbonyl (C=O) groups is 1. The number of hydrogen-bond donors (Lipinski definition) is 2. The van der Waals surface area contributed by atoms with Crippen molar-refractivity contribution in [3.8, 4) is 5.75 Å². The van der Waals surface area contributed by atoms with Crippen LogP contribution in [-0.4, -0.2) is 37.0 Å². The number of benzene rings is 1. The molecule has 0 aliphatic carbocycles. The Morgan fingerprint density at radius 2 is 2.25 bits per heavy atom. The lowest BCUT2D eigenvalue weighted by Gasteiger charge is -2.31. The Kier molecular flexibility index (Phi) is 4.62. The van der Waals surface area contributed by atoms with E-state index in [9.17, 15) is 4.79 Å². The van der Waals surface area contributed by atoms with Crippen LogP contribution in [0.3, 0.4) is 0 Å². The quantitative estimate of drug-likeness (QED) is 0.837. The SMILES string of the molecule is COc1cccc(C(C(C)N)N2CCC(C(N)=O)C2)c1. The Balaban J connectivity index is 2.21. The average molecular weight is 277 g/mol. The minimum atomic E-state index is -0.221. The van der Waals surface area contributed by atoms with Gasteiger partial charge < -0.3 is 16.2 Å². The highest BCUT2D eigenvalue weighted by Crippen LogP contribution is 2.31. The Morgan fingerprint density at radius 3 is 2.80 bits per heavy atom. The molecule has 0 saturated carbocycles. The summed E-state index contributed by atoms with van der Waals surface area (Å²) in [6, 6.07) is 7.98. The van der Waals surface area contributed by atoms with Gasteiger partial charge in [-0.15, -0.1) is 0 Å². The predicted molar refractivity (Wildman–Crippen MR) is 78.3 cm³/mol. The molecule has 0 aromatic heterocycles. The maximum atomic E-state index is 11.3. The van der Waals surface area contributed by atoms with E-state index in [1.165, 1.54) is 0 Å². The van der Waals surface area contributed by atoms with Crippen molar-refractivity contribution in [2.75, 3.05) is 20.2 Å². The average Bonchev–Trinajstić information content (AvgIpc) is 2.88. The number of nitrogens with two attached hydrogens (primary N) is 2. The maximum absolute atomic E-state index is 11.3. The predicted octanol–water partition coefficient (Wildman–Crippen LogP) is 0.891. The largest absolute Gasteiger partial charge is 0.497 e. The summed E-state index contributed by atoms with van der Waals surface area (Å²) in [7, 11) is 1.65. The van der Waals surface area contributed by atoms with E-state index >= 15 is 0 Å². The number of rotatable bonds is 5. The second kappa shape index (κ2) is 6.24. The smallest absolute Gasteiger partial charge is 0.221 e. The van der Waals surface area contributed by atoms with Crippen molar-refractivity contribution < 1.29 is 9.53 Å². The summed E-state index contributed by atoms with van der Waals surface area (Å²) in [6.45, 7) is 3.51. The Bertz CT molecular complexity index is 476. The second-order valence-electron chi connectivity index (χ2n) is 5.46. The van der Waals surface area contributed by atoms with E-state index in [1.54, 1.807) is 7.11 Å². The van der Waals surface area contributed by atoms with Crippen LogP contribution in [0.5, 0.6) is 5.75 Å². The van der Waals surface area contributed by atoms with Crippen molar-refractivity contribution in [2.24, 2.45) is 17.4 Å². The van der Waals surface area contributed by atoms with Gasteiger partial charge in [-0.1, -0.05) is 12.1 Å². The summed E-state index contributed by atoms with van der Waals surface area (Å²) < 4.78 is 5.27. The molecule has 3 atom stereocenters. The molecular formula is C15H23N3O2. The number of likely N-dealkylation sites (tertiary alicyclic amines) is 1. The van der Waals surface area contributed by atoms with Crippen molar-refractivity contribution in [1.29, 1.82) is 0 Å². The lowest BCUT2D eigenvalue weighted by molar-refractivity contribution is -0.121. The zero-order valence-electron chi connectivity index (χ0n) is 12.1. The van der Waals surface area contributed by atoms with Gasteiger partial charge in [0.2, 0.25) is 5.91 Å². The Labute approximate surface area is 119 Å². The molecule has 1 fully saturated rings. The van der Waals surface area contributed by atoms with E-state index in [2.05, 4.69) is 4.90 Å². The zero-order chi connectivity index (χ0) is 14.7. The van der Waals surface area contributed by atoms with Crippen LogP contribution in [0.15, 0.2) is 24.3 Å².